The highest BCUT2D eigenvalue weighted by Gasteiger charge is 2.36. The number of aryl methyl sites for hydroxylation is 1. The molecule has 2 fully saturated rings. The van der Waals surface area contributed by atoms with Gasteiger partial charge in [0.25, 0.3) is 0 Å². The summed E-state index contributed by atoms with van der Waals surface area (Å²) in [6.07, 6.45) is 2.60. The first-order chi connectivity index (χ1) is 10.4. The number of piperazine rings is 1. The van der Waals surface area contributed by atoms with Crippen molar-refractivity contribution in [1.29, 1.82) is 0 Å². The highest BCUT2D eigenvalue weighted by molar-refractivity contribution is 7.89. The van der Waals surface area contributed by atoms with E-state index in [9.17, 15) is 12.8 Å². The summed E-state index contributed by atoms with van der Waals surface area (Å²) in [4.78, 5) is 2.61. The van der Waals surface area contributed by atoms with E-state index in [1.54, 1.807) is 6.92 Å². The second-order valence-electron chi connectivity index (χ2n) is 6.43. The van der Waals surface area contributed by atoms with E-state index in [4.69, 9.17) is 0 Å². The molecule has 22 heavy (non-hydrogen) atoms. The van der Waals surface area contributed by atoms with Gasteiger partial charge in [-0.05, 0) is 56.4 Å². The second-order valence-corrected chi connectivity index (χ2v) is 8.33. The fraction of sp³-hybridized carbons (Fsp3) is 0.625. The molecule has 3 rings (SSSR count). The van der Waals surface area contributed by atoms with Crippen LogP contribution in [0.4, 0.5) is 4.39 Å². The highest BCUT2D eigenvalue weighted by atomic mass is 32.2. The molecule has 2 aliphatic rings. The molecule has 0 spiro atoms. The van der Waals surface area contributed by atoms with E-state index < -0.39 is 15.8 Å². The van der Waals surface area contributed by atoms with Crippen LogP contribution in [0.15, 0.2) is 23.1 Å². The minimum absolute atomic E-state index is 0.220. The highest BCUT2D eigenvalue weighted by Crippen LogP contribution is 2.35. The molecule has 0 bridgehead atoms. The Kier molecular flexibility index (Phi) is 4.27. The summed E-state index contributed by atoms with van der Waals surface area (Å²) >= 11 is 0. The number of sulfonamides is 1. The molecule has 0 aromatic heterocycles. The van der Waals surface area contributed by atoms with Gasteiger partial charge in [0, 0.05) is 32.2 Å². The fourth-order valence-electron chi connectivity index (χ4n) is 3.27. The van der Waals surface area contributed by atoms with Crippen molar-refractivity contribution in [1.82, 2.24) is 9.21 Å². The summed E-state index contributed by atoms with van der Waals surface area (Å²) in [5, 5.41) is 0. The van der Waals surface area contributed by atoms with Gasteiger partial charge < -0.3 is 0 Å². The third-order valence-electron chi connectivity index (χ3n) is 4.91. The summed E-state index contributed by atoms with van der Waals surface area (Å²) in [7, 11) is -3.52. The number of hydrogen-bond donors (Lipinski definition) is 0. The second kappa shape index (κ2) is 5.91. The van der Waals surface area contributed by atoms with E-state index in [0.29, 0.717) is 24.7 Å². The molecule has 122 valence electrons. The van der Waals surface area contributed by atoms with Crippen molar-refractivity contribution in [2.45, 2.75) is 37.6 Å². The maximum atomic E-state index is 13.2. The average Bonchev–Trinajstić information content (AvgIpc) is 3.31. The molecular weight excluding hydrogens is 303 g/mol. The topological polar surface area (TPSA) is 40.6 Å². The molecule has 4 nitrogen and oxygen atoms in total. The van der Waals surface area contributed by atoms with E-state index >= 15 is 0 Å². The molecule has 1 aromatic rings. The van der Waals surface area contributed by atoms with Gasteiger partial charge in [0.05, 0.1) is 4.90 Å². The Hall–Kier alpha value is -0.980. The van der Waals surface area contributed by atoms with E-state index in [-0.39, 0.29) is 4.90 Å². The third kappa shape index (κ3) is 3.05. The largest absolute Gasteiger partial charge is 0.298 e. The molecule has 1 aliphatic heterocycles. The maximum Gasteiger partial charge on any atom is 0.243 e. The Bertz CT molecular complexity index is 650. The van der Waals surface area contributed by atoms with Gasteiger partial charge in [-0.25, -0.2) is 12.8 Å². The first-order valence-electron chi connectivity index (χ1n) is 7.90. The maximum absolute atomic E-state index is 13.2. The lowest BCUT2D eigenvalue weighted by Crippen LogP contribution is -2.51. The zero-order chi connectivity index (χ0) is 15.9. The van der Waals surface area contributed by atoms with Gasteiger partial charge in [-0.3, -0.25) is 4.90 Å². The summed E-state index contributed by atoms with van der Waals surface area (Å²) in [6, 6.07) is 4.42. The van der Waals surface area contributed by atoms with Crippen molar-refractivity contribution in [3.05, 3.63) is 29.6 Å². The Labute approximate surface area is 132 Å². The quantitative estimate of drug-likeness (QED) is 0.852. The predicted octanol–water partition coefficient (Wildman–Crippen LogP) is 2.24. The Balaban J connectivity index is 1.71. The van der Waals surface area contributed by atoms with Crippen LogP contribution in [0.2, 0.25) is 0 Å². The standard InChI is InChI=1S/C16H23FN2O2S/c1-12-11-15(17)5-6-16(12)22(20,21)19-9-7-18(8-10-19)13(2)14-3-4-14/h5-6,11,13-14H,3-4,7-10H2,1-2H3. The number of halogens is 1. The smallest absolute Gasteiger partial charge is 0.243 e. The minimum Gasteiger partial charge on any atom is -0.298 e. The lowest BCUT2D eigenvalue weighted by Gasteiger charge is -2.37. The van der Waals surface area contributed by atoms with Crippen LogP contribution in [0.1, 0.15) is 25.3 Å². The van der Waals surface area contributed by atoms with Crippen molar-refractivity contribution in [2.24, 2.45) is 5.92 Å². The van der Waals surface area contributed by atoms with Gasteiger partial charge in [-0.2, -0.15) is 4.31 Å². The molecule has 0 radical (unpaired) electrons. The van der Waals surface area contributed by atoms with E-state index in [1.165, 1.54) is 35.3 Å². The molecule has 6 heteroatoms. The molecule has 0 amide bonds. The molecule has 1 unspecified atom stereocenters. The zero-order valence-electron chi connectivity index (χ0n) is 13.1. The fourth-order valence-corrected chi connectivity index (χ4v) is 4.90. The number of rotatable bonds is 4. The summed E-state index contributed by atoms with van der Waals surface area (Å²) in [6.45, 7) is 6.45. The molecule has 1 atom stereocenters. The van der Waals surface area contributed by atoms with Crippen LogP contribution >= 0.6 is 0 Å². The Morgan fingerprint density at radius 1 is 1.18 bits per heavy atom. The number of benzene rings is 1. The van der Waals surface area contributed by atoms with Crippen molar-refractivity contribution in [3.63, 3.8) is 0 Å². The van der Waals surface area contributed by atoms with Gasteiger partial charge in [0.2, 0.25) is 10.0 Å². The van der Waals surface area contributed by atoms with Gasteiger partial charge in [0.1, 0.15) is 5.82 Å². The van der Waals surface area contributed by atoms with Crippen LogP contribution < -0.4 is 0 Å². The lowest BCUT2D eigenvalue weighted by atomic mass is 10.1. The number of hydrogen-bond acceptors (Lipinski definition) is 3. The zero-order valence-corrected chi connectivity index (χ0v) is 13.9. The van der Waals surface area contributed by atoms with Crippen molar-refractivity contribution in [3.8, 4) is 0 Å². The summed E-state index contributed by atoms with van der Waals surface area (Å²) in [5.74, 6) is 0.391. The molecule has 1 heterocycles. The molecular formula is C16H23FN2O2S. The number of nitrogens with zero attached hydrogens (tertiary/aromatic N) is 2. The van der Waals surface area contributed by atoms with Crippen molar-refractivity contribution < 1.29 is 12.8 Å². The van der Waals surface area contributed by atoms with Crippen molar-refractivity contribution >= 4 is 10.0 Å². The monoisotopic (exact) mass is 326 g/mol. The van der Waals surface area contributed by atoms with Crippen LogP contribution in [0.3, 0.4) is 0 Å². The van der Waals surface area contributed by atoms with E-state index in [1.807, 2.05) is 0 Å². The normalized spacial score (nSPS) is 22.7. The molecule has 0 N–H and O–H groups in total. The van der Waals surface area contributed by atoms with Gasteiger partial charge in [-0.1, -0.05) is 0 Å². The Morgan fingerprint density at radius 3 is 2.36 bits per heavy atom. The van der Waals surface area contributed by atoms with Crippen LogP contribution in [0.25, 0.3) is 0 Å². The minimum atomic E-state index is -3.52. The summed E-state index contributed by atoms with van der Waals surface area (Å²) in [5.41, 5.74) is 0.466. The Morgan fingerprint density at radius 2 is 1.82 bits per heavy atom. The molecule has 1 aliphatic carbocycles. The third-order valence-corrected chi connectivity index (χ3v) is 6.97. The lowest BCUT2D eigenvalue weighted by molar-refractivity contribution is 0.133. The van der Waals surface area contributed by atoms with Gasteiger partial charge in [-0.15, -0.1) is 0 Å². The SMILES string of the molecule is Cc1cc(F)ccc1S(=O)(=O)N1CCN(C(C)C2CC2)CC1. The van der Waals surface area contributed by atoms with Crippen LogP contribution in [-0.4, -0.2) is 49.8 Å². The van der Waals surface area contributed by atoms with Crippen LogP contribution in [0, 0.1) is 18.7 Å². The first kappa shape index (κ1) is 15.9. The molecule has 1 saturated carbocycles. The van der Waals surface area contributed by atoms with Crippen LogP contribution in [-0.2, 0) is 10.0 Å². The first-order valence-corrected chi connectivity index (χ1v) is 9.34. The van der Waals surface area contributed by atoms with Gasteiger partial charge >= 0.3 is 0 Å². The van der Waals surface area contributed by atoms with Gasteiger partial charge in [0.15, 0.2) is 0 Å². The summed E-state index contributed by atoms with van der Waals surface area (Å²) < 4.78 is 40.2. The van der Waals surface area contributed by atoms with E-state index in [2.05, 4.69) is 11.8 Å². The van der Waals surface area contributed by atoms with Crippen molar-refractivity contribution in [2.75, 3.05) is 26.2 Å². The van der Waals surface area contributed by atoms with E-state index in [0.717, 1.165) is 19.0 Å². The predicted molar refractivity (Wildman–Crippen MR) is 83.7 cm³/mol. The molecule has 1 saturated heterocycles. The van der Waals surface area contributed by atoms with Crippen LogP contribution in [0.5, 0.6) is 0 Å². The average molecular weight is 326 g/mol. The molecule has 1 aromatic carbocycles.